The predicted octanol–water partition coefficient (Wildman–Crippen LogP) is 13.1. The number of rotatable bonds is 4. The maximum Gasteiger partial charge on any atom is 0.310 e. The molecule has 6 aromatic rings. The van der Waals surface area contributed by atoms with E-state index in [0.29, 0.717) is 6.04 Å². The van der Waals surface area contributed by atoms with E-state index in [1.807, 2.05) is 12.1 Å². The van der Waals surface area contributed by atoms with E-state index in [1.165, 1.54) is 68.6 Å². The highest BCUT2D eigenvalue weighted by molar-refractivity contribution is 7.39. The summed E-state index contributed by atoms with van der Waals surface area (Å²) in [5.41, 5.74) is 2.80. The SMILES string of the molecule is C[C@H](c1ccc(F)cc1)N(C1CCCCCCCCCCC1)p1oc2ccc3ccccc3c2c2c(ccc3ccccc32)o1. The van der Waals surface area contributed by atoms with Crippen molar-refractivity contribution >= 4 is 51.6 Å². The maximum atomic E-state index is 14.1. The van der Waals surface area contributed by atoms with Gasteiger partial charge >= 0.3 is 8.16 Å². The first-order valence-corrected chi connectivity index (χ1v) is 18.0. The Morgan fingerprint density at radius 3 is 1.58 bits per heavy atom. The van der Waals surface area contributed by atoms with Crippen LogP contribution in [0, 0.1) is 5.82 Å². The Labute approximate surface area is 266 Å². The van der Waals surface area contributed by atoms with Gasteiger partial charge in [-0.05, 0) is 71.1 Å². The molecule has 0 saturated heterocycles. The first-order chi connectivity index (χ1) is 22.2. The maximum absolute atomic E-state index is 14.1. The van der Waals surface area contributed by atoms with Crippen LogP contribution in [0.4, 0.5) is 4.39 Å². The van der Waals surface area contributed by atoms with Crippen LogP contribution in [0.2, 0.25) is 0 Å². The van der Waals surface area contributed by atoms with Gasteiger partial charge in [0.2, 0.25) is 0 Å². The third kappa shape index (κ3) is 6.41. The number of hydrogen-bond acceptors (Lipinski definition) is 3. The van der Waals surface area contributed by atoms with E-state index in [4.69, 9.17) is 8.39 Å². The van der Waals surface area contributed by atoms with Crippen LogP contribution in [-0.4, -0.2) is 6.04 Å². The third-order valence-electron chi connectivity index (χ3n) is 9.77. The Morgan fingerprint density at radius 2 is 1.07 bits per heavy atom. The van der Waals surface area contributed by atoms with Crippen molar-refractivity contribution in [3.63, 3.8) is 0 Å². The molecular weight excluding hydrogens is 576 g/mol. The minimum atomic E-state index is -1.55. The molecule has 1 atom stereocenters. The van der Waals surface area contributed by atoms with E-state index in [0.717, 1.165) is 51.1 Å². The second-order valence-electron chi connectivity index (χ2n) is 12.8. The van der Waals surface area contributed by atoms with Gasteiger partial charge in [-0.2, -0.15) is 4.67 Å². The van der Waals surface area contributed by atoms with E-state index in [-0.39, 0.29) is 11.9 Å². The lowest BCUT2D eigenvalue weighted by Crippen LogP contribution is -2.35. The number of hydrogen-bond donors (Lipinski definition) is 0. The first-order valence-electron chi connectivity index (χ1n) is 16.9. The second-order valence-corrected chi connectivity index (χ2v) is 14.1. The van der Waals surface area contributed by atoms with Crippen molar-refractivity contribution in [1.82, 2.24) is 0 Å². The average Bonchev–Trinajstić information content (AvgIpc) is 3.23. The largest absolute Gasteiger partial charge is 0.408 e. The quantitative estimate of drug-likeness (QED) is 0.197. The lowest BCUT2D eigenvalue weighted by Gasteiger charge is -2.34. The minimum absolute atomic E-state index is 0.0134. The molecule has 1 aliphatic carbocycles. The van der Waals surface area contributed by atoms with Gasteiger partial charge in [0, 0.05) is 22.9 Å². The molecule has 1 aliphatic rings. The van der Waals surface area contributed by atoms with Gasteiger partial charge in [-0.3, -0.25) is 0 Å². The van der Waals surface area contributed by atoms with Gasteiger partial charge < -0.3 is 8.39 Å². The zero-order valence-corrected chi connectivity index (χ0v) is 27.2. The summed E-state index contributed by atoms with van der Waals surface area (Å²) in [5, 5.41) is 6.88. The van der Waals surface area contributed by atoms with Gasteiger partial charge in [-0.15, -0.1) is 0 Å². The lowest BCUT2D eigenvalue weighted by atomic mass is 9.96. The molecule has 1 heterocycles. The normalized spacial score (nSPS) is 16.6. The molecule has 45 heavy (non-hydrogen) atoms. The van der Waals surface area contributed by atoms with Gasteiger partial charge in [-0.25, -0.2) is 4.39 Å². The summed E-state index contributed by atoms with van der Waals surface area (Å²) in [7, 11) is -1.55. The van der Waals surface area contributed by atoms with Crippen molar-refractivity contribution in [2.24, 2.45) is 0 Å². The van der Waals surface area contributed by atoms with Crippen molar-refractivity contribution < 1.29 is 12.8 Å². The fraction of sp³-hybridized carbons (Fsp3) is 0.350. The average molecular weight is 620 g/mol. The fourth-order valence-corrected chi connectivity index (χ4v) is 9.12. The van der Waals surface area contributed by atoms with E-state index in [9.17, 15) is 4.39 Å². The van der Waals surface area contributed by atoms with Crippen LogP contribution in [0.3, 0.4) is 0 Å². The Kier molecular flexibility index (Phi) is 9.23. The highest BCUT2D eigenvalue weighted by Crippen LogP contribution is 2.46. The van der Waals surface area contributed by atoms with Gasteiger partial charge in [-0.1, -0.05) is 131 Å². The summed E-state index contributed by atoms with van der Waals surface area (Å²) in [6.07, 6.45) is 13.8. The smallest absolute Gasteiger partial charge is 0.310 e. The van der Waals surface area contributed by atoms with Gasteiger partial charge in [0.25, 0.3) is 0 Å². The molecule has 232 valence electrons. The second kappa shape index (κ2) is 13.8. The highest BCUT2D eigenvalue weighted by Gasteiger charge is 2.30. The molecule has 1 saturated carbocycles. The molecule has 1 fully saturated rings. The van der Waals surface area contributed by atoms with Crippen LogP contribution >= 0.6 is 8.16 Å². The molecule has 0 N–H and O–H groups in total. The zero-order valence-electron chi connectivity index (χ0n) is 26.3. The molecule has 1 aromatic heterocycles. The molecule has 0 amide bonds. The van der Waals surface area contributed by atoms with Crippen molar-refractivity contribution in [1.29, 1.82) is 0 Å². The lowest BCUT2D eigenvalue weighted by molar-refractivity contribution is 0.428. The molecule has 0 bridgehead atoms. The fourth-order valence-electron chi connectivity index (χ4n) is 7.34. The summed E-state index contributed by atoms with van der Waals surface area (Å²) < 4.78 is 30.9. The van der Waals surface area contributed by atoms with Crippen molar-refractivity contribution in [2.45, 2.75) is 89.6 Å². The summed E-state index contributed by atoms with van der Waals surface area (Å²) in [6.45, 7) is 2.24. The number of fused-ring (bicyclic) bond motifs is 7. The van der Waals surface area contributed by atoms with E-state index < -0.39 is 8.16 Å². The molecule has 7 rings (SSSR count). The van der Waals surface area contributed by atoms with Gasteiger partial charge in [0.1, 0.15) is 17.0 Å². The van der Waals surface area contributed by atoms with Crippen LogP contribution < -0.4 is 4.67 Å². The van der Waals surface area contributed by atoms with Crippen LogP contribution in [-0.2, 0) is 0 Å². The van der Waals surface area contributed by atoms with Crippen molar-refractivity contribution in [2.75, 3.05) is 4.67 Å². The summed E-state index contributed by atoms with van der Waals surface area (Å²) in [5.74, 6) is -0.210. The van der Waals surface area contributed by atoms with Crippen molar-refractivity contribution in [3.8, 4) is 0 Å². The highest BCUT2D eigenvalue weighted by atomic mass is 31.1. The summed E-state index contributed by atoms with van der Waals surface area (Å²) in [4.78, 5) is 0. The number of nitrogens with zero attached hydrogens (tertiary/aromatic N) is 1. The van der Waals surface area contributed by atoms with Crippen LogP contribution in [0.1, 0.15) is 89.2 Å². The predicted molar refractivity (Wildman–Crippen MR) is 189 cm³/mol. The molecule has 0 aliphatic heterocycles. The van der Waals surface area contributed by atoms with E-state index in [1.54, 1.807) is 12.1 Å². The van der Waals surface area contributed by atoms with Crippen LogP contribution in [0.5, 0.6) is 0 Å². The standard InChI is InChI=1S/C40H43FNO2P/c1-29(30-21-25-33(41)26-22-30)42(34-17-9-7-5-3-2-4-6-8-10-18-34)45-43-37-27-23-31-15-11-13-19-35(31)39(37)40-36-20-14-12-16-32(36)24-28-38(40)44-45/h11-16,19-29,34H,2-10,17-18H2,1H3/t29-/m1/s1. The molecule has 0 unspecified atom stereocenters. The Morgan fingerprint density at radius 1 is 0.600 bits per heavy atom. The van der Waals surface area contributed by atoms with Crippen LogP contribution in [0.15, 0.2) is 105 Å². The van der Waals surface area contributed by atoms with E-state index >= 15 is 0 Å². The Balaban J connectivity index is 1.48. The van der Waals surface area contributed by atoms with E-state index in [2.05, 4.69) is 84.4 Å². The number of halogens is 1. The van der Waals surface area contributed by atoms with Crippen LogP contribution in [0.25, 0.3) is 43.5 Å². The topological polar surface area (TPSA) is 29.5 Å². The van der Waals surface area contributed by atoms with Gasteiger partial charge in [0.05, 0.1) is 0 Å². The summed E-state index contributed by atoms with van der Waals surface area (Å²) in [6, 6.07) is 33.0. The Bertz CT molecular complexity index is 1840. The number of benzene rings is 5. The molecule has 5 aromatic carbocycles. The summed E-state index contributed by atoms with van der Waals surface area (Å²) >= 11 is 0. The zero-order chi connectivity index (χ0) is 30.6. The monoisotopic (exact) mass is 619 g/mol. The Hall–Kier alpha value is -3.59. The first kappa shape index (κ1) is 30.1. The minimum Gasteiger partial charge on any atom is -0.408 e. The molecular formula is C40H43FNO2P. The molecule has 3 nitrogen and oxygen atoms in total. The molecule has 0 spiro atoms. The third-order valence-corrected chi connectivity index (χ3v) is 11.5. The van der Waals surface area contributed by atoms with Gasteiger partial charge in [0.15, 0.2) is 0 Å². The molecule has 5 heteroatoms. The van der Waals surface area contributed by atoms with Crippen molar-refractivity contribution in [3.05, 3.63) is 108 Å². The molecule has 0 radical (unpaired) electrons.